The number of nitrogens with zero attached hydrogens (tertiary/aromatic N) is 2. The van der Waals surface area contributed by atoms with Crippen molar-refractivity contribution in [1.29, 1.82) is 5.26 Å². The van der Waals surface area contributed by atoms with Crippen LogP contribution in [0.25, 0.3) is 11.1 Å². The first-order valence-corrected chi connectivity index (χ1v) is 8.99. The highest BCUT2D eigenvalue weighted by Gasteiger charge is 2.29. The summed E-state index contributed by atoms with van der Waals surface area (Å²) in [6.45, 7) is 2.91. The lowest BCUT2D eigenvalue weighted by atomic mass is 9.96. The van der Waals surface area contributed by atoms with Crippen molar-refractivity contribution in [2.75, 3.05) is 26.2 Å². The molecular weight excluding hydrogens is 316 g/mol. The molecule has 0 aromatic heterocycles. The Bertz CT molecular complexity index is 866. The average Bonchev–Trinajstić information content (AvgIpc) is 2.99. The van der Waals surface area contributed by atoms with E-state index in [2.05, 4.69) is 41.3 Å². The normalized spacial score (nSPS) is 16.2. The summed E-state index contributed by atoms with van der Waals surface area (Å²) in [4.78, 5) is 4.88. The van der Waals surface area contributed by atoms with E-state index in [-0.39, 0.29) is 6.61 Å². The Kier molecular flexibility index (Phi) is 4.15. The Hall–Kier alpha value is -2.06. The number of rotatable bonds is 3. The van der Waals surface area contributed by atoms with E-state index in [1.165, 1.54) is 32.1 Å². The van der Waals surface area contributed by atoms with Crippen LogP contribution in [0.15, 0.2) is 52.3 Å². The minimum atomic E-state index is 0.225. The van der Waals surface area contributed by atoms with Gasteiger partial charge in [-0.25, -0.2) is 0 Å². The summed E-state index contributed by atoms with van der Waals surface area (Å²) in [6.07, 6.45) is 0.794. The minimum Gasteiger partial charge on any atom is -0.396 e. The van der Waals surface area contributed by atoms with Crippen molar-refractivity contribution in [3.63, 3.8) is 0 Å². The monoisotopic (exact) mass is 334 g/mol. The number of fused-ring (bicyclic) bond motifs is 4. The predicted molar refractivity (Wildman–Crippen MR) is 96.7 cm³/mol. The van der Waals surface area contributed by atoms with Crippen LogP contribution in [-0.2, 0) is 0 Å². The second kappa shape index (κ2) is 6.45. The number of hydrogen-bond acceptors (Lipinski definition) is 4. The largest absolute Gasteiger partial charge is 0.396 e. The smallest absolute Gasteiger partial charge is 0.0991 e. The molecule has 2 aliphatic heterocycles. The third kappa shape index (κ3) is 2.65. The standard InChI is InChI=1S/C20H18N2OS/c21-11-14-6-7-20-16(10-14)18-13-22(8-3-9-23)12-17(18)15-4-1-2-5-19(15)24-20/h1-2,4-7,10,23H,3,8-9,12-13H2. The Morgan fingerprint density at radius 3 is 2.58 bits per heavy atom. The first-order valence-electron chi connectivity index (χ1n) is 8.17. The lowest BCUT2D eigenvalue weighted by molar-refractivity contribution is 0.253. The molecule has 2 aliphatic rings. The zero-order valence-electron chi connectivity index (χ0n) is 13.3. The van der Waals surface area contributed by atoms with Crippen molar-refractivity contribution in [3.8, 4) is 6.07 Å². The minimum absolute atomic E-state index is 0.225. The molecule has 0 bridgehead atoms. The highest BCUT2D eigenvalue weighted by Crippen LogP contribution is 2.46. The maximum absolute atomic E-state index is 9.28. The van der Waals surface area contributed by atoms with Crippen LogP contribution in [-0.4, -0.2) is 36.2 Å². The molecule has 0 fully saturated rings. The molecule has 3 nitrogen and oxygen atoms in total. The van der Waals surface area contributed by atoms with Gasteiger partial charge in [0.1, 0.15) is 0 Å². The van der Waals surface area contributed by atoms with E-state index in [4.69, 9.17) is 5.11 Å². The maximum atomic E-state index is 9.28. The van der Waals surface area contributed by atoms with Crippen molar-refractivity contribution < 1.29 is 5.11 Å². The summed E-state index contributed by atoms with van der Waals surface area (Å²) in [5.74, 6) is 0. The highest BCUT2D eigenvalue weighted by atomic mass is 32.2. The lowest BCUT2D eigenvalue weighted by Gasteiger charge is -2.17. The first kappa shape index (κ1) is 15.5. The molecule has 0 spiro atoms. The molecule has 1 N–H and O–H groups in total. The van der Waals surface area contributed by atoms with Crippen molar-refractivity contribution in [1.82, 2.24) is 4.90 Å². The van der Waals surface area contributed by atoms with Crippen LogP contribution in [0.2, 0.25) is 0 Å². The molecule has 2 aromatic carbocycles. The SMILES string of the molecule is N#Cc1ccc2c(c1)C1=C(CN(CCCO)C1)c1ccccc1S2. The fourth-order valence-electron chi connectivity index (χ4n) is 3.49. The Morgan fingerprint density at radius 2 is 1.79 bits per heavy atom. The van der Waals surface area contributed by atoms with Crippen molar-refractivity contribution in [2.24, 2.45) is 0 Å². The van der Waals surface area contributed by atoms with E-state index >= 15 is 0 Å². The van der Waals surface area contributed by atoms with Gasteiger partial charge in [0.05, 0.1) is 11.6 Å². The summed E-state index contributed by atoms with van der Waals surface area (Å²) in [7, 11) is 0. The highest BCUT2D eigenvalue weighted by molar-refractivity contribution is 7.99. The van der Waals surface area contributed by atoms with E-state index in [1.807, 2.05) is 12.1 Å². The predicted octanol–water partition coefficient (Wildman–Crippen LogP) is 3.63. The van der Waals surface area contributed by atoms with Gasteiger partial charge in [-0.3, -0.25) is 4.90 Å². The second-order valence-electron chi connectivity index (χ2n) is 6.17. The third-order valence-corrected chi connectivity index (χ3v) is 5.78. The molecule has 4 heteroatoms. The summed E-state index contributed by atoms with van der Waals surface area (Å²) < 4.78 is 0. The van der Waals surface area contributed by atoms with Crippen LogP contribution in [0.4, 0.5) is 0 Å². The molecule has 2 heterocycles. The molecule has 120 valence electrons. The average molecular weight is 334 g/mol. The van der Waals surface area contributed by atoms with Crippen LogP contribution >= 0.6 is 11.8 Å². The van der Waals surface area contributed by atoms with Crippen molar-refractivity contribution >= 4 is 22.9 Å². The van der Waals surface area contributed by atoms with E-state index in [9.17, 15) is 5.26 Å². The molecule has 0 amide bonds. The van der Waals surface area contributed by atoms with Gasteiger partial charge in [-0.1, -0.05) is 30.0 Å². The number of benzene rings is 2. The van der Waals surface area contributed by atoms with Gasteiger partial charge in [-0.15, -0.1) is 0 Å². The fraction of sp³-hybridized carbons (Fsp3) is 0.250. The maximum Gasteiger partial charge on any atom is 0.0991 e. The van der Waals surface area contributed by atoms with Gasteiger partial charge in [0.2, 0.25) is 0 Å². The molecular formula is C20H18N2OS. The third-order valence-electron chi connectivity index (χ3n) is 4.63. The molecule has 0 saturated carbocycles. The Morgan fingerprint density at radius 1 is 1.04 bits per heavy atom. The van der Waals surface area contributed by atoms with E-state index in [1.54, 1.807) is 11.8 Å². The van der Waals surface area contributed by atoms with E-state index < -0.39 is 0 Å². The van der Waals surface area contributed by atoms with Gasteiger partial charge in [0.15, 0.2) is 0 Å². The molecule has 0 radical (unpaired) electrons. The summed E-state index contributed by atoms with van der Waals surface area (Å²) in [5, 5.41) is 18.4. The van der Waals surface area contributed by atoms with Crippen molar-refractivity contribution in [3.05, 3.63) is 59.2 Å². The number of nitriles is 1. The number of aliphatic hydroxyl groups excluding tert-OH is 1. The zero-order valence-corrected chi connectivity index (χ0v) is 14.1. The van der Waals surface area contributed by atoms with Crippen LogP contribution < -0.4 is 0 Å². The van der Waals surface area contributed by atoms with Crippen LogP contribution in [0.1, 0.15) is 23.1 Å². The van der Waals surface area contributed by atoms with Crippen LogP contribution in [0.3, 0.4) is 0 Å². The topological polar surface area (TPSA) is 47.3 Å². The summed E-state index contributed by atoms with van der Waals surface area (Å²) in [5.41, 5.74) is 5.90. The van der Waals surface area contributed by atoms with Crippen molar-refractivity contribution in [2.45, 2.75) is 16.2 Å². The van der Waals surface area contributed by atoms with Crippen LogP contribution in [0.5, 0.6) is 0 Å². The zero-order chi connectivity index (χ0) is 16.5. The molecule has 0 unspecified atom stereocenters. The van der Waals surface area contributed by atoms with Gasteiger partial charge in [-0.05, 0) is 53.0 Å². The molecule has 0 saturated heterocycles. The van der Waals surface area contributed by atoms with E-state index in [0.29, 0.717) is 5.56 Å². The van der Waals surface area contributed by atoms with E-state index in [0.717, 1.165) is 26.1 Å². The quantitative estimate of drug-likeness (QED) is 0.931. The second-order valence-corrected chi connectivity index (χ2v) is 7.25. The molecule has 2 aromatic rings. The number of aliphatic hydroxyl groups is 1. The molecule has 24 heavy (non-hydrogen) atoms. The van der Waals surface area contributed by atoms with Crippen LogP contribution in [0, 0.1) is 11.3 Å². The molecule has 0 aliphatic carbocycles. The van der Waals surface area contributed by atoms with Gasteiger partial charge < -0.3 is 5.11 Å². The fourth-order valence-corrected chi connectivity index (χ4v) is 4.60. The Labute approximate surface area is 146 Å². The number of hydrogen-bond donors (Lipinski definition) is 1. The molecule has 4 rings (SSSR count). The van der Waals surface area contributed by atoms with Gasteiger partial charge in [-0.2, -0.15) is 5.26 Å². The molecule has 0 atom stereocenters. The lowest BCUT2D eigenvalue weighted by Crippen LogP contribution is -2.23. The first-order chi connectivity index (χ1) is 11.8. The Balaban J connectivity index is 1.84. The van der Waals surface area contributed by atoms with Gasteiger partial charge in [0, 0.05) is 36.0 Å². The van der Waals surface area contributed by atoms with Gasteiger partial charge >= 0.3 is 0 Å². The van der Waals surface area contributed by atoms with Gasteiger partial charge in [0.25, 0.3) is 0 Å². The summed E-state index contributed by atoms with van der Waals surface area (Å²) in [6, 6.07) is 16.8. The summed E-state index contributed by atoms with van der Waals surface area (Å²) >= 11 is 1.79.